The van der Waals surface area contributed by atoms with Gasteiger partial charge in [-0.25, -0.2) is 14.8 Å². The van der Waals surface area contributed by atoms with Crippen molar-refractivity contribution in [3.63, 3.8) is 0 Å². The fraction of sp³-hybridized carbons (Fsp3) is 0.429. The molecule has 1 atom stereocenters. The van der Waals surface area contributed by atoms with Crippen LogP contribution in [0.1, 0.15) is 25.8 Å². The van der Waals surface area contributed by atoms with E-state index in [9.17, 15) is 19.5 Å². The zero-order valence-electron chi connectivity index (χ0n) is 15.0. The minimum atomic E-state index is -3.69. The lowest BCUT2D eigenvalue weighted by Gasteiger charge is -2.19. The Morgan fingerprint density at radius 1 is 1.48 bits per heavy atom. The molecule has 1 aromatic rings. The van der Waals surface area contributed by atoms with Gasteiger partial charge in [-0.3, -0.25) is 14.6 Å². The number of benzene rings is 1. The number of primary amides is 1. The lowest BCUT2D eigenvalue weighted by Crippen LogP contribution is -2.24. The summed E-state index contributed by atoms with van der Waals surface area (Å²) in [5, 5.41) is 15.0. The molecule has 0 spiro atoms. The van der Waals surface area contributed by atoms with Crippen LogP contribution in [-0.4, -0.2) is 36.6 Å². The topological polar surface area (TPSA) is 155 Å². The Kier molecular flexibility index (Phi) is 9.06. The number of nitrogens with two attached hydrogens (primary N) is 1. The molecule has 0 bridgehead atoms. The molecule has 13 heteroatoms. The highest BCUT2D eigenvalue weighted by atomic mass is 32.7. The van der Waals surface area contributed by atoms with Gasteiger partial charge in [-0.05, 0) is 30.8 Å². The van der Waals surface area contributed by atoms with Crippen LogP contribution in [0.15, 0.2) is 17.2 Å². The highest BCUT2D eigenvalue weighted by Gasteiger charge is 2.33. The number of amides is 2. The first-order chi connectivity index (χ1) is 12.8. The smallest absolute Gasteiger partial charge is 0.440 e. The van der Waals surface area contributed by atoms with Crippen LogP contribution in [0.25, 0.3) is 0 Å². The van der Waals surface area contributed by atoms with Crippen molar-refractivity contribution < 1.29 is 28.1 Å². The van der Waals surface area contributed by atoms with E-state index >= 15 is 0 Å². The van der Waals surface area contributed by atoms with E-state index in [1.165, 1.54) is 13.2 Å². The van der Waals surface area contributed by atoms with Crippen LogP contribution in [0.5, 0.6) is 11.5 Å². The molecule has 0 saturated carbocycles. The lowest BCUT2D eigenvalue weighted by atomic mass is 10.2. The van der Waals surface area contributed by atoms with Gasteiger partial charge in [0.2, 0.25) is 5.75 Å². The summed E-state index contributed by atoms with van der Waals surface area (Å²) in [4.78, 5) is 21.4. The molecule has 0 radical (unpaired) electrons. The molecule has 1 rings (SSSR count). The van der Waals surface area contributed by atoms with Gasteiger partial charge in [-0.2, -0.15) is 5.10 Å². The van der Waals surface area contributed by atoms with Crippen molar-refractivity contribution in [2.75, 3.05) is 19.5 Å². The van der Waals surface area contributed by atoms with Gasteiger partial charge in [0.25, 0.3) is 0 Å². The molecule has 0 saturated heterocycles. The van der Waals surface area contributed by atoms with Gasteiger partial charge in [0, 0.05) is 17.4 Å². The van der Waals surface area contributed by atoms with Gasteiger partial charge in [-0.15, -0.1) is 0 Å². The second-order valence-electron chi connectivity index (χ2n) is 4.85. The Morgan fingerprint density at radius 2 is 2.19 bits per heavy atom. The fourth-order valence-electron chi connectivity index (χ4n) is 1.80. The zero-order valence-corrected chi connectivity index (χ0v) is 16.7. The largest absolute Gasteiger partial charge is 0.493 e. The number of hydrogen-bond acceptors (Lipinski definition) is 9. The van der Waals surface area contributed by atoms with Crippen LogP contribution in [0.4, 0.5) is 10.5 Å². The number of hydrogen-bond donors (Lipinski definition) is 2. The summed E-state index contributed by atoms with van der Waals surface area (Å²) >= 11 is 0.949. The quantitative estimate of drug-likeness (QED) is 0.239. The molecule has 3 N–H and O–H groups in total. The normalized spacial score (nSPS) is 13.1. The zero-order chi connectivity index (χ0) is 20.4. The van der Waals surface area contributed by atoms with Crippen molar-refractivity contribution in [1.82, 2.24) is 5.43 Å². The average molecular weight is 420 g/mol. The third-order valence-electron chi connectivity index (χ3n) is 2.81. The molecule has 0 aliphatic rings. The molecule has 1 aromatic carbocycles. The average Bonchev–Trinajstić information content (AvgIpc) is 2.60. The van der Waals surface area contributed by atoms with Gasteiger partial charge < -0.3 is 15.0 Å². The van der Waals surface area contributed by atoms with E-state index in [1.54, 1.807) is 6.92 Å². The van der Waals surface area contributed by atoms with Crippen LogP contribution in [0, 0.1) is 10.1 Å². The number of hydrazone groups is 1. The number of nitro groups is 1. The van der Waals surface area contributed by atoms with Crippen LogP contribution in [-0.2, 0) is 9.09 Å². The third kappa shape index (κ3) is 7.08. The van der Waals surface area contributed by atoms with Crippen molar-refractivity contribution in [2.24, 2.45) is 10.8 Å². The van der Waals surface area contributed by atoms with Crippen molar-refractivity contribution in [3.8, 4) is 11.5 Å². The number of rotatable bonds is 11. The minimum Gasteiger partial charge on any atom is -0.493 e. The van der Waals surface area contributed by atoms with Gasteiger partial charge in [0.1, 0.15) is 0 Å². The summed E-state index contributed by atoms with van der Waals surface area (Å²) in [6.07, 6.45) is 1.85. The number of carbonyl (C=O) groups excluding carboxylic acids is 1. The standard InChI is InChI=1S/C14H21N4O7PS/c1-4-6-27-26(22,24-5-2)25-13-11(18(20)21)7-10(8-12(13)23-3)9-16-17-14(15)19/h7-9H,4-6H2,1-3H3,(H3,15,17,19). The molecule has 2 amide bonds. The SMILES string of the molecule is CCCSP(=O)(OCC)Oc1c(OC)cc(C=NNC(N)=O)cc1[N+](=O)[O-]. The summed E-state index contributed by atoms with van der Waals surface area (Å²) < 4.78 is 28.7. The molecular formula is C14H21N4O7PS. The molecule has 11 nitrogen and oxygen atoms in total. The van der Waals surface area contributed by atoms with Gasteiger partial charge >= 0.3 is 18.5 Å². The van der Waals surface area contributed by atoms with E-state index in [4.69, 9.17) is 19.5 Å². The van der Waals surface area contributed by atoms with E-state index in [0.29, 0.717) is 12.2 Å². The molecule has 0 aliphatic heterocycles. The van der Waals surface area contributed by atoms with E-state index < -0.39 is 23.4 Å². The first kappa shape index (κ1) is 22.7. The van der Waals surface area contributed by atoms with Gasteiger partial charge in [0.15, 0.2) is 5.75 Å². The van der Waals surface area contributed by atoms with Gasteiger partial charge in [-0.1, -0.05) is 6.92 Å². The Labute approximate surface area is 160 Å². The van der Waals surface area contributed by atoms with Crippen molar-refractivity contribution >= 4 is 36.1 Å². The van der Waals surface area contributed by atoms with Crippen molar-refractivity contribution in [3.05, 3.63) is 27.8 Å². The number of nitrogens with one attached hydrogen (secondary N) is 1. The molecule has 0 heterocycles. The van der Waals surface area contributed by atoms with E-state index in [-0.39, 0.29) is 23.7 Å². The van der Waals surface area contributed by atoms with Crippen LogP contribution < -0.4 is 20.4 Å². The van der Waals surface area contributed by atoms with Crippen LogP contribution >= 0.6 is 18.2 Å². The number of nitro benzene ring substituents is 1. The first-order valence-corrected chi connectivity index (χ1v) is 10.9. The number of urea groups is 1. The summed E-state index contributed by atoms with van der Waals surface area (Å²) in [6, 6.07) is 1.61. The maximum absolute atomic E-state index is 12.9. The first-order valence-electron chi connectivity index (χ1n) is 7.80. The highest BCUT2D eigenvalue weighted by Crippen LogP contribution is 2.62. The summed E-state index contributed by atoms with van der Waals surface area (Å²) in [5.74, 6) is 0.126. The molecular weight excluding hydrogens is 399 g/mol. The molecule has 0 aromatic heterocycles. The second kappa shape index (κ2) is 10.8. The Morgan fingerprint density at radius 3 is 2.70 bits per heavy atom. The Hall–Kier alpha value is -2.30. The summed E-state index contributed by atoms with van der Waals surface area (Å²) in [6.45, 7) is -0.0562. The third-order valence-corrected chi connectivity index (χ3v) is 6.73. The fourth-order valence-corrected chi connectivity index (χ4v) is 5.24. The molecule has 1 unspecified atom stereocenters. The number of nitrogens with zero attached hydrogens (tertiary/aromatic N) is 2. The van der Waals surface area contributed by atoms with E-state index in [1.807, 2.05) is 12.3 Å². The highest BCUT2D eigenvalue weighted by molar-refractivity contribution is 8.55. The van der Waals surface area contributed by atoms with E-state index in [2.05, 4.69) is 5.10 Å². The van der Waals surface area contributed by atoms with Gasteiger partial charge in [0.05, 0.1) is 24.9 Å². The maximum Gasteiger partial charge on any atom is 0.440 e. The van der Waals surface area contributed by atoms with Crippen LogP contribution in [0.2, 0.25) is 0 Å². The second-order valence-corrected chi connectivity index (χ2v) is 8.97. The lowest BCUT2D eigenvalue weighted by molar-refractivity contribution is -0.385. The predicted octanol–water partition coefficient (Wildman–Crippen LogP) is 3.27. The Bertz CT molecular complexity index is 759. The molecule has 0 fully saturated rings. The van der Waals surface area contributed by atoms with Crippen LogP contribution in [0.3, 0.4) is 0 Å². The number of ether oxygens (including phenoxy) is 1. The molecule has 0 aliphatic carbocycles. The monoisotopic (exact) mass is 420 g/mol. The van der Waals surface area contributed by atoms with E-state index in [0.717, 1.165) is 23.7 Å². The molecule has 150 valence electrons. The summed E-state index contributed by atoms with van der Waals surface area (Å²) in [7, 11) is 1.28. The Balaban J connectivity index is 3.35. The maximum atomic E-state index is 12.9. The summed E-state index contributed by atoms with van der Waals surface area (Å²) in [5.41, 5.74) is 6.60. The number of methoxy groups -OCH3 is 1. The van der Waals surface area contributed by atoms with Crippen molar-refractivity contribution in [2.45, 2.75) is 20.3 Å². The van der Waals surface area contributed by atoms with Crippen molar-refractivity contribution in [1.29, 1.82) is 0 Å². The minimum absolute atomic E-state index is 0.0400. The number of carbonyl (C=O) groups is 1. The molecule has 27 heavy (non-hydrogen) atoms. The predicted molar refractivity (Wildman–Crippen MR) is 103 cm³/mol.